The number of amides is 1. The summed E-state index contributed by atoms with van der Waals surface area (Å²) in [7, 11) is 3.45. The van der Waals surface area contributed by atoms with Crippen LogP contribution in [0.4, 0.5) is 11.4 Å². The van der Waals surface area contributed by atoms with Crippen LogP contribution in [0, 0.1) is 6.92 Å². The van der Waals surface area contributed by atoms with Gasteiger partial charge in [0.05, 0.1) is 17.9 Å². The van der Waals surface area contributed by atoms with Gasteiger partial charge in [0.15, 0.2) is 0 Å². The van der Waals surface area contributed by atoms with E-state index >= 15 is 0 Å². The summed E-state index contributed by atoms with van der Waals surface area (Å²) in [5, 5.41) is 4.22. The summed E-state index contributed by atoms with van der Waals surface area (Å²) >= 11 is 1.64. The Morgan fingerprint density at radius 1 is 1.45 bits per heavy atom. The van der Waals surface area contributed by atoms with Gasteiger partial charge in [-0.3, -0.25) is 4.79 Å². The molecule has 0 aliphatic rings. The molecule has 20 heavy (non-hydrogen) atoms. The van der Waals surface area contributed by atoms with Crippen molar-refractivity contribution in [3.8, 4) is 0 Å². The number of aromatic nitrogens is 1. The first-order valence-corrected chi connectivity index (χ1v) is 7.05. The van der Waals surface area contributed by atoms with E-state index in [9.17, 15) is 4.79 Å². The fourth-order valence-corrected chi connectivity index (χ4v) is 2.48. The summed E-state index contributed by atoms with van der Waals surface area (Å²) in [6.07, 6.45) is 1.84. The molecule has 0 saturated carbocycles. The Morgan fingerprint density at radius 3 is 2.80 bits per heavy atom. The third-order valence-electron chi connectivity index (χ3n) is 2.81. The minimum absolute atomic E-state index is 0.0434. The lowest BCUT2D eigenvalue weighted by Crippen LogP contribution is -2.21. The highest BCUT2D eigenvalue weighted by molar-refractivity contribution is 7.11. The predicted molar refractivity (Wildman–Crippen MR) is 83.0 cm³/mol. The molecule has 0 atom stereocenters. The van der Waals surface area contributed by atoms with Crippen LogP contribution in [0.2, 0.25) is 0 Å². The molecule has 0 radical (unpaired) electrons. The minimum Gasteiger partial charge on any atom is -0.397 e. The molecule has 1 aromatic carbocycles. The summed E-state index contributed by atoms with van der Waals surface area (Å²) in [6, 6.07) is 5.25. The molecule has 3 N–H and O–H groups in total. The fraction of sp³-hybridized carbons (Fsp3) is 0.286. The van der Waals surface area contributed by atoms with E-state index in [1.165, 1.54) is 4.88 Å². The molecule has 0 spiro atoms. The van der Waals surface area contributed by atoms with E-state index in [0.717, 1.165) is 10.7 Å². The quantitative estimate of drug-likeness (QED) is 0.848. The first-order valence-electron chi connectivity index (χ1n) is 6.23. The normalized spacial score (nSPS) is 10.3. The predicted octanol–water partition coefficient (Wildman–Crippen LogP) is 2.35. The van der Waals surface area contributed by atoms with Crippen molar-refractivity contribution in [2.75, 3.05) is 25.1 Å². The van der Waals surface area contributed by atoms with Gasteiger partial charge >= 0.3 is 0 Å². The average molecular weight is 290 g/mol. The number of hydrogen-bond donors (Lipinski definition) is 2. The topological polar surface area (TPSA) is 71.2 Å². The van der Waals surface area contributed by atoms with E-state index < -0.39 is 0 Å². The molecule has 0 saturated heterocycles. The van der Waals surface area contributed by atoms with Crippen molar-refractivity contribution in [1.29, 1.82) is 0 Å². The molecule has 6 heteroatoms. The molecule has 106 valence electrons. The number of nitrogens with two attached hydrogens (primary N) is 1. The molecule has 1 amide bonds. The van der Waals surface area contributed by atoms with Crippen molar-refractivity contribution in [2.24, 2.45) is 0 Å². The number of nitrogen functional groups attached to an aromatic ring is 1. The molecule has 2 rings (SSSR count). The Balaban J connectivity index is 2.14. The lowest BCUT2D eigenvalue weighted by atomic mass is 10.1. The molecule has 1 aromatic heterocycles. The van der Waals surface area contributed by atoms with Gasteiger partial charge in [-0.25, -0.2) is 4.98 Å². The molecule has 0 unspecified atom stereocenters. The van der Waals surface area contributed by atoms with Crippen LogP contribution in [0.1, 0.15) is 20.2 Å². The van der Waals surface area contributed by atoms with Crippen LogP contribution in [0.5, 0.6) is 0 Å². The third-order valence-corrected chi connectivity index (χ3v) is 3.72. The SMILES string of the molecule is Cc1cnc(CNc2cc(C(=O)N(C)C)ccc2N)s1. The Morgan fingerprint density at radius 2 is 2.20 bits per heavy atom. The second-order valence-corrected chi connectivity index (χ2v) is 6.04. The van der Waals surface area contributed by atoms with Gasteiger partial charge in [0.2, 0.25) is 0 Å². The number of nitrogens with one attached hydrogen (secondary N) is 1. The van der Waals surface area contributed by atoms with E-state index in [1.807, 2.05) is 13.1 Å². The van der Waals surface area contributed by atoms with Crippen molar-refractivity contribution in [1.82, 2.24) is 9.88 Å². The molecule has 0 aliphatic carbocycles. The first kappa shape index (κ1) is 14.3. The van der Waals surface area contributed by atoms with Crippen LogP contribution in [-0.2, 0) is 6.54 Å². The third kappa shape index (κ3) is 3.27. The van der Waals surface area contributed by atoms with Crippen LogP contribution in [-0.4, -0.2) is 29.9 Å². The Hall–Kier alpha value is -2.08. The number of hydrogen-bond acceptors (Lipinski definition) is 5. The van der Waals surface area contributed by atoms with E-state index in [2.05, 4.69) is 10.3 Å². The number of aryl methyl sites for hydroxylation is 1. The van der Waals surface area contributed by atoms with Crippen molar-refractivity contribution in [3.63, 3.8) is 0 Å². The number of benzene rings is 1. The number of anilines is 2. The molecular weight excluding hydrogens is 272 g/mol. The van der Waals surface area contributed by atoms with E-state index in [1.54, 1.807) is 48.5 Å². The Labute approximate surface area is 122 Å². The summed E-state index contributed by atoms with van der Waals surface area (Å²) in [5.74, 6) is -0.0434. The van der Waals surface area contributed by atoms with Crippen molar-refractivity contribution < 1.29 is 4.79 Å². The average Bonchev–Trinajstić information content (AvgIpc) is 2.82. The maximum atomic E-state index is 11.9. The van der Waals surface area contributed by atoms with E-state index in [-0.39, 0.29) is 5.91 Å². The van der Waals surface area contributed by atoms with Crippen molar-refractivity contribution in [2.45, 2.75) is 13.5 Å². The number of thiazole rings is 1. The Bertz CT molecular complexity index is 621. The van der Waals surface area contributed by atoms with Crippen LogP contribution < -0.4 is 11.1 Å². The summed E-state index contributed by atoms with van der Waals surface area (Å²) in [5.41, 5.74) is 7.92. The zero-order valence-electron chi connectivity index (χ0n) is 11.8. The summed E-state index contributed by atoms with van der Waals surface area (Å²) < 4.78 is 0. The number of carbonyl (C=O) groups excluding carboxylic acids is 1. The molecule has 2 aromatic rings. The maximum absolute atomic E-state index is 11.9. The van der Waals surface area contributed by atoms with Gasteiger partial charge in [-0.15, -0.1) is 11.3 Å². The monoisotopic (exact) mass is 290 g/mol. The van der Waals surface area contributed by atoms with Crippen LogP contribution in [0.15, 0.2) is 24.4 Å². The van der Waals surface area contributed by atoms with Crippen molar-refractivity contribution >= 4 is 28.6 Å². The number of rotatable bonds is 4. The van der Waals surface area contributed by atoms with Crippen LogP contribution in [0.3, 0.4) is 0 Å². The largest absolute Gasteiger partial charge is 0.397 e. The number of carbonyl (C=O) groups is 1. The molecular formula is C14H18N4OS. The van der Waals surface area contributed by atoms with Gasteiger partial charge in [0, 0.05) is 30.7 Å². The summed E-state index contributed by atoms with van der Waals surface area (Å²) in [4.78, 5) is 18.9. The van der Waals surface area contributed by atoms with Crippen LogP contribution >= 0.6 is 11.3 Å². The molecule has 1 heterocycles. The van der Waals surface area contributed by atoms with Gasteiger partial charge in [0.25, 0.3) is 5.91 Å². The van der Waals surface area contributed by atoms with Gasteiger partial charge in [-0.05, 0) is 25.1 Å². The van der Waals surface area contributed by atoms with Gasteiger partial charge in [-0.1, -0.05) is 0 Å². The smallest absolute Gasteiger partial charge is 0.253 e. The van der Waals surface area contributed by atoms with Crippen LogP contribution in [0.25, 0.3) is 0 Å². The second kappa shape index (κ2) is 5.92. The highest BCUT2D eigenvalue weighted by Gasteiger charge is 2.10. The summed E-state index contributed by atoms with van der Waals surface area (Å²) in [6.45, 7) is 2.62. The maximum Gasteiger partial charge on any atom is 0.253 e. The first-order chi connectivity index (χ1) is 9.47. The van der Waals surface area contributed by atoms with E-state index in [0.29, 0.717) is 17.8 Å². The zero-order valence-corrected chi connectivity index (χ0v) is 12.6. The number of nitrogens with zero attached hydrogens (tertiary/aromatic N) is 2. The molecule has 0 fully saturated rings. The second-order valence-electron chi connectivity index (χ2n) is 4.72. The van der Waals surface area contributed by atoms with Crippen molar-refractivity contribution in [3.05, 3.63) is 39.8 Å². The van der Waals surface area contributed by atoms with Gasteiger partial charge in [0.1, 0.15) is 5.01 Å². The fourth-order valence-electron chi connectivity index (χ4n) is 1.75. The lowest BCUT2D eigenvalue weighted by Gasteiger charge is -2.13. The lowest BCUT2D eigenvalue weighted by molar-refractivity contribution is 0.0827. The molecule has 0 aliphatic heterocycles. The Kier molecular flexibility index (Phi) is 4.24. The standard InChI is InChI=1S/C14H18N4OS/c1-9-7-17-13(20-9)8-16-12-6-10(4-5-11(12)15)14(19)18(2)3/h4-7,16H,8,15H2,1-3H3. The minimum atomic E-state index is -0.0434. The van der Waals surface area contributed by atoms with Gasteiger partial charge in [-0.2, -0.15) is 0 Å². The molecule has 0 bridgehead atoms. The highest BCUT2D eigenvalue weighted by atomic mass is 32.1. The highest BCUT2D eigenvalue weighted by Crippen LogP contribution is 2.22. The van der Waals surface area contributed by atoms with E-state index in [4.69, 9.17) is 5.73 Å². The molecule has 5 nitrogen and oxygen atoms in total. The zero-order chi connectivity index (χ0) is 14.7. The van der Waals surface area contributed by atoms with Gasteiger partial charge < -0.3 is 16.0 Å².